The van der Waals surface area contributed by atoms with Gasteiger partial charge in [0.2, 0.25) is 0 Å². The Balaban J connectivity index is 5.12. The van der Waals surface area contributed by atoms with E-state index in [9.17, 15) is 43.2 Å². The molecule has 0 rings (SSSR count). The molecule has 0 aromatic heterocycles. The van der Waals surface area contributed by atoms with E-state index in [1.165, 1.54) is 231 Å². The first-order valence-electron chi connectivity index (χ1n) is 41.5. The van der Waals surface area contributed by atoms with E-state index >= 15 is 0 Å². The van der Waals surface area contributed by atoms with Crippen molar-refractivity contribution in [1.29, 1.82) is 0 Å². The molecule has 0 fully saturated rings. The molecule has 6 atom stereocenters. The second kappa shape index (κ2) is 71.7. The zero-order valence-corrected chi connectivity index (χ0v) is 66.6. The molecule has 0 aliphatic carbocycles. The van der Waals surface area contributed by atoms with Crippen LogP contribution in [0.15, 0.2) is 0 Å². The highest BCUT2D eigenvalue weighted by Crippen LogP contribution is 2.45. The number of carbonyl (C=O) groups is 4. The number of hydrogen-bond donors (Lipinski definition) is 3. The highest BCUT2D eigenvalue weighted by Gasteiger charge is 2.30. The lowest BCUT2D eigenvalue weighted by atomic mass is 9.99. The molecule has 19 heteroatoms. The minimum Gasteiger partial charge on any atom is -0.462 e. The predicted molar refractivity (Wildman–Crippen MR) is 405 cm³/mol. The van der Waals surface area contributed by atoms with Gasteiger partial charge in [-0.25, -0.2) is 9.13 Å². The third-order valence-electron chi connectivity index (χ3n) is 19.1. The van der Waals surface area contributed by atoms with E-state index in [4.69, 9.17) is 37.0 Å². The summed E-state index contributed by atoms with van der Waals surface area (Å²) in [5.74, 6) is -0.450. The molecule has 3 unspecified atom stereocenters. The lowest BCUT2D eigenvalue weighted by molar-refractivity contribution is -0.161. The summed E-state index contributed by atoms with van der Waals surface area (Å²) in [6.07, 6.45) is 61.4. The Hall–Kier alpha value is -1.94. The lowest BCUT2D eigenvalue weighted by Gasteiger charge is -2.21. The standard InChI is InChI=1S/C80H156O17P2/c1-7-10-12-14-15-16-17-18-23-31-36-41-46-52-58-64-79(84)96-75(68-90-77(82)62-56-48-13-11-8-2)70-94-98(86,87)92-66-74(81)67-93-99(88,89)95-71-76(69-91-78(83)63-57-51-45-40-35-30-27-26-29-34-39-44-50-55-61-73(6)9-3)97-80(85)65-59-53-47-42-37-32-25-22-20-19-21-24-28-33-38-43-49-54-60-72(4)5/h72-76,81H,7-71H2,1-6H3,(H,86,87)(H,88,89)/t73?,74-,75+,76+/m0/s1. The summed E-state index contributed by atoms with van der Waals surface area (Å²) in [5, 5.41) is 10.6. The fraction of sp³-hybridized carbons (Fsp3) is 0.950. The molecule has 0 spiro atoms. The number of esters is 4. The van der Waals surface area contributed by atoms with Gasteiger partial charge in [0.05, 0.1) is 26.4 Å². The first kappa shape index (κ1) is 97.1. The number of ether oxygens (including phenoxy) is 4. The molecule has 0 heterocycles. The second-order valence-electron chi connectivity index (χ2n) is 29.5. The van der Waals surface area contributed by atoms with Crippen LogP contribution in [0.1, 0.15) is 420 Å². The van der Waals surface area contributed by atoms with Crippen LogP contribution in [0.25, 0.3) is 0 Å². The Kier molecular flexibility index (Phi) is 70.3. The summed E-state index contributed by atoms with van der Waals surface area (Å²) in [6, 6.07) is 0. The molecule has 0 radical (unpaired) electrons. The molecule has 0 saturated heterocycles. The molecule has 99 heavy (non-hydrogen) atoms. The Morgan fingerprint density at radius 2 is 0.515 bits per heavy atom. The zero-order chi connectivity index (χ0) is 72.8. The van der Waals surface area contributed by atoms with Crippen molar-refractivity contribution in [2.75, 3.05) is 39.6 Å². The summed E-state index contributed by atoms with van der Waals surface area (Å²) in [4.78, 5) is 72.7. The highest BCUT2D eigenvalue weighted by atomic mass is 31.2. The molecule has 0 aromatic carbocycles. The van der Waals surface area contributed by atoms with Crippen LogP contribution in [-0.2, 0) is 65.4 Å². The number of phosphoric ester groups is 2. The second-order valence-corrected chi connectivity index (χ2v) is 32.4. The van der Waals surface area contributed by atoms with E-state index in [0.717, 1.165) is 108 Å². The van der Waals surface area contributed by atoms with Crippen molar-refractivity contribution in [1.82, 2.24) is 0 Å². The minimum absolute atomic E-state index is 0.107. The van der Waals surface area contributed by atoms with Crippen molar-refractivity contribution in [2.24, 2.45) is 11.8 Å². The fourth-order valence-corrected chi connectivity index (χ4v) is 13.9. The normalized spacial score (nSPS) is 14.2. The quantitative estimate of drug-likeness (QED) is 0.0222. The van der Waals surface area contributed by atoms with Gasteiger partial charge in [0.25, 0.3) is 0 Å². The van der Waals surface area contributed by atoms with E-state index < -0.39 is 97.5 Å². The number of unbranched alkanes of at least 4 members (excludes halogenated alkanes) is 48. The maximum absolute atomic E-state index is 13.1. The van der Waals surface area contributed by atoms with E-state index in [1.807, 2.05) is 0 Å². The third-order valence-corrected chi connectivity index (χ3v) is 21.0. The summed E-state index contributed by atoms with van der Waals surface area (Å²) in [7, 11) is -9.91. The molecule has 0 bridgehead atoms. The van der Waals surface area contributed by atoms with Gasteiger partial charge in [0.15, 0.2) is 12.2 Å². The SMILES string of the molecule is CCCCCCCCCCCCCCCCCC(=O)O[C@H](COC(=O)CCCCCCC)COP(=O)(O)OC[C@H](O)COP(=O)(O)OC[C@@H](COC(=O)CCCCCCCCCCCCCCCCC(C)CC)OC(=O)CCCCCCCCCCCCCCCCCCCCC(C)C. The maximum Gasteiger partial charge on any atom is 0.472 e. The molecule has 3 N–H and O–H groups in total. The van der Waals surface area contributed by atoms with Crippen LogP contribution in [0, 0.1) is 11.8 Å². The molecule has 17 nitrogen and oxygen atoms in total. The van der Waals surface area contributed by atoms with Crippen LogP contribution < -0.4 is 0 Å². The van der Waals surface area contributed by atoms with Crippen molar-refractivity contribution in [3.05, 3.63) is 0 Å². The fourth-order valence-electron chi connectivity index (χ4n) is 12.3. The largest absolute Gasteiger partial charge is 0.472 e. The van der Waals surface area contributed by atoms with Crippen LogP contribution in [0.5, 0.6) is 0 Å². The van der Waals surface area contributed by atoms with Gasteiger partial charge < -0.3 is 33.8 Å². The summed E-state index contributed by atoms with van der Waals surface area (Å²) in [6.45, 7) is 9.63. The average molecular weight is 1450 g/mol. The molecular weight excluding hydrogens is 1290 g/mol. The Morgan fingerprint density at radius 1 is 0.293 bits per heavy atom. The van der Waals surface area contributed by atoms with Crippen molar-refractivity contribution < 1.29 is 80.2 Å². The molecule has 0 amide bonds. The number of carbonyl (C=O) groups excluding carboxylic acids is 4. The molecule has 0 saturated carbocycles. The summed E-state index contributed by atoms with van der Waals surface area (Å²) >= 11 is 0. The van der Waals surface area contributed by atoms with Crippen LogP contribution in [-0.4, -0.2) is 96.7 Å². The predicted octanol–water partition coefficient (Wildman–Crippen LogP) is 23.9. The van der Waals surface area contributed by atoms with E-state index in [-0.39, 0.29) is 25.7 Å². The number of rotatable bonds is 79. The van der Waals surface area contributed by atoms with Gasteiger partial charge in [0.1, 0.15) is 19.3 Å². The molecule has 0 aliphatic heterocycles. The van der Waals surface area contributed by atoms with Gasteiger partial charge in [-0.15, -0.1) is 0 Å². The van der Waals surface area contributed by atoms with Gasteiger partial charge >= 0.3 is 39.5 Å². The van der Waals surface area contributed by atoms with Crippen molar-refractivity contribution in [3.8, 4) is 0 Å². The van der Waals surface area contributed by atoms with E-state index in [2.05, 4.69) is 41.5 Å². The zero-order valence-electron chi connectivity index (χ0n) is 64.8. The Morgan fingerprint density at radius 3 is 0.768 bits per heavy atom. The molecule has 0 aromatic rings. The lowest BCUT2D eigenvalue weighted by Crippen LogP contribution is -2.30. The number of phosphoric acid groups is 2. The Bertz CT molecular complexity index is 1910. The average Bonchev–Trinajstić information content (AvgIpc) is 1.17. The van der Waals surface area contributed by atoms with Crippen molar-refractivity contribution in [2.45, 2.75) is 439 Å². The van der Waals surface area contributed by atoms with Gasteiger partial charge in [-0.1, -0.05) is 369 Å². The van der Waals surface area contributed by atoms with Crippen LogP contribution in [0.4, 0.5) is 0 Å². The minimum atomic E-state index is -4.96. The first-order chi connectivity index (χ1) is 47.9. The smallest absolute Gasteiger partial charge is 0.462 e. The molecular formula is C80H156O17P2. The highest BCUT2D eigenvalue weighted by molar-refractivity contribution is 7.47. The maximum atomic E-state index is 13.1. The summed E-state index contributed by atoms with van der Waals surface area (Å²) in [5.41, 5.74) is 0. The van der Waals surface area contributed by atoms with Crippen LogP contribution in [0.2, 0.25) is 0 Å². The topological polar surface area (TPSA) is 237 Å². The number of aliphatic hydroxyl groups excluding tert-OH is 1. The third kappa shape index (κ3) is 72.8. The molecule has 588 valence electrons. The van der Waals surface area contributed by atoms with Gasteiger partial charge in [0, 0.05) is 25.7 Å². The first-order valence-corrected chi connectivity index (χ1v) is 44.5. The van der Waals surface area contributed by atoms with Crippen LogP contribution in [0.3, 0.4) is 0 Å². The number of hydrogen-bond acceptors (Lipinski definition) is 15. The van der Waals surface area contributed by atoms with Crippen molar-refractivity contribution in [3.63, 3.8) is 0 Å². The van der Waals surface area contributed by atoms with Gasteiger partial charge in [-0.05, 0) is 37.5 Å². The van der Waals surface area contributed by atoms with Gasteiger partial charge in [-0.2, -0.15) is 0 Å². The Labute approximate surface area is 607 Å². The van der Waals surface area contributed by atoms with E-state index in [0.29, 0.717) is 25.7 Å². The van der Waals surface area contributed by atoms with Crippen LogP contribution >= 0.6 is 15.6 Å². The monoisotopic (exact) mass is 1450 g/mol. The van der Waals surface area contributed by atoms with E-state index in [1.54, 1.807) is 0 Å². The van der Waals surface area contributed by atoms with Crippen molar-refractivity contribution >= 4 is 39.5 Å². The number of aliphatic hydroxyl groups is 1. The van der Waals surface area contributed by atoms with Gasteiger partial charge in [-0.3, -0.25) is 37.3 Å². The summed E-state index contributed by atoms with van der Waals surface area (Å²) < 4.78 is 68.4. The molecule has 0 aliphatic rings.